The molecular formula is C20H22N4O2S. The summed E-state index contributed by atoms with van der Waals surface area (Å²) in [7, 11) is 1.62. The number of methoxy groups -OCH3 is 1. The topological polar surface area (TPSA) is 69.0 Å². The number of carbonyl (C=O) groups excluding carboxylic acids is 1. The van der Waals surface area contributed by atoms with Crippen LogP contribution in [0.1, 0.15) is 23.0 Å². The molecule has 2 aromatic carbocycles. The normalized spacial score (nSPS) is 10.6. The lowest BCUT2D eigenvalue weighted by Crippen LogP contribution is -2.18. The van der Waals surface area contributed by atoms with E-state index in [4.69, 9.17) is 4.74 Å². The third-order valence-electron chi connectivity index (χ3n) is 4.04. The summed E-state index contributed by atoms with van der Waals surface area (Å²) >= 11 is 1.68. The number of hydrogen-bond donors (Lipinski definition) is 1. The summed E-state index contributed by atoms with van der Waals surface area (Å²) in [6.45, 7) is 4.08. The first-order valence-corrected chi connectivity index (χ1v) is 9.81. The molecule has 1 heterocycles. The summed E-state index contributed by atoms with van der Waals surface area (Å²) in [4.78, 5) is 13.0. The molecule has 1 N–H and O–H groups in total. The fraction of sp³-hybridized carbons (Fsp3) is 0.250. The number of rotatable bonds is 7. The van der Waals surface area contributed by atoms with Crippen molar-refractivity contribution in [2.75, 3.05) is 18.2 Å². The lowest BCUT2D eigenvalue weighted by Gasteiger charge is -2.09. The van der Waals surface area contributed by atoms with Crippen molar-refractivity contribution in [3.63, 3.8) is 0 Å². The van der Waals surface area contributed by atoms with Gasteiger partial charge < -0.3 is 10.1 Å². The van der Waals surface area contributed by atoms with Crippen molar-refractivity contribution >= 4 is 23.4 Å². The highest BCUT2D eigenvalue weighted by Crippen LogP contribution is 2.25. The second-order valence-corrected chi connectivity index (χ2v) is 7.20. The Labute approximate surface area is 162 Å². The fourth-order valence-electron chi connectivity index (χ4n) is 2.58. The van der Waals surface area contributed by atoms with Gasteiger partial charge in [0, 0.05) is 11.3 Å². The molecule has 0 aliphatic rings. The van der Waals surface area contributed by atoms with E-state index in [-0.39, 0.29) is 5.91 Å². The Balaban J connectivity index is 1.95. The minimum absolute atomic E-state index is 0.230. The molecule has 0 bridgehead atoms. The van der Waals surface area contributed by atoms with Gasteiger partial charge in [-0.2, -0.15) is 0 Å². The number of aryl methyl sites for hydroxylation is 1. The Morgan fingerprint density at radius 2 is 1.85 bits per heavy atom. The van der Waals surface area contributed by atoms with Crippen LogP contribution in [0.5, 0.6) is 5.75 Å². The molecule has 0 saturated carbocycles. The molecule has 0 aliphatic carbocycles. The second kappa shape index (κ2) is 8.73. The third-order valence-corrected chi connectivity index (χ3v) is 4.88. The van der Waals surface area contributed by atoms with Crippen LogP contribution >= 0.6 is 11.8 Å². The Morgan fingerprint density at radius 3 is 2.48 bits per heavy atom. The number of aromatic nitrogens is 3. The zero-order valence-corrected chi connectivity index (χ0v) is 16.4. The molecule has 140 valence electrons. The summed E-state index contributed by atoms with van der Waals surface area (Å²) in [6.07, 6.45) is 0. The standard InChI is InChI=1S/C20H22N4O2S/c1-4-27-13-24-19(20(25)21-16-9-5-14(2)6-10-16)18(22-23-24)15-7-11-17(26-3)12-8-15/h5-12H,4,13H2,1-3H3,(H,21,25). The summed E-state index contributed by atoms with van der Waals surface area (Å²) in [5.41, 5.74) is 3.69. The molecule has 3 aromatic rings. The SMILES string of the molecule is CCSCn1nnc(-c2ccc(OC)cc2)c1C(=O)Nc1ccc(C)cc1. The lowest BCUT2D eigenvalue weighted by atomic mass is 10.1. The van der Waals surface area contributed by atoms with Crippen LogP contribution in [0.15, 0.2) is 48.5 Å². The molecule has 3 rings (SSSR count). The zero-order chi connectivity index (χ0) is 19.2. The molecule has 0 spiro atoms. The van der Waals surface area contributed by atoms with E-state index in [1.807, 2.05) is 55.5 Å². The van der Waals surface area contributed by atoms with Gasteiger partial charge in [-0.1, -0.05) is 29.8 Å². The first-order valence-electron chi connectivity index (χ1n) is 8.66. The highest BCUT2D eigenvalue weighted by atomic mass is 32.2. The maximum atomic E-state index is 13.0. The van der Waals surface area contributed by atoms with Crippen molar-refractivity contribution < 1.29 is 9.53 Å². The quantitative estimate of drug-likeness (QED) is 0.662. The van der Waals surface area contributed by atoms with Crippen molar-refractivity contribution in [3.05, 3.63) is 59.8 Å². The van der Waals surface area contributed by atoms with E-state index in [1.54, 1.807) is 23.6 Å². The molecule has 0 saturated heterocycles. The summed E-state index contributed by atoms with van der Waals surface area (Å²) in [6, 6.07) is 15.1. The molecule has 7 heteroatoms. The maximum Gasteiger partial charge on any atom is 0.276 e. The van der Waals surface area contributed by atoms with E-state index in [1.165, 1.54) is 0 Å². The van der Waals surface area contributed by atoms with Gasteiger partial charge in [0.15, 0.2) is 5.69 Å². The molecular weight excluding hydrogens is 360 g/mol. The van der Waals surface area contributed by atoms with Gasteiger partial charge in [0.1, 0.15) is 11.4 Å². The van der Waals surface area contributed by atoms with E-state index in [9.17, 15) is 4.79 Å². The average molecular weight is 382 g/mol. The van der Waals surface area contributed by atoms with Gasteiger partial charge >= 0.3 is 0 Å². The van der Waals surface area contributed by atoms with Gasteiger partial charge in [-0.3, -0.25) is 4.79 Å². The van der Waals surface area contributed by atoms with Gasteiger partial charge in [0.05, 0.1) is 13.0 Å². The number of hydrogen-bond acceptors (Lipinski definition) is 5. The number of amides is 1. The Kier molecular flexibility index (Phi) is 6.13. The largest absolute Gasteiger partial charge is 0.497 e. The Hall–Kier alpha value is -2.80. The molecule has 0 aliphatic heterocycles. The monoisotopic (exact) mass is 382 g/mol. The van der Waals surface area contributed by atoms with Crippen molar-refractivity contribution in [3.8, 4) is 17.0 Å². The zero-order valence-electron chi connectivity index (χ0n) is 15.6. The van der Waals surface area contributed by atoms with Gasteiger partial charge in [-0.15, -0.1) is 16.9 Å². The van der Waals surface area contributed by atoms with Crippen LogP contribution < -0.4 is 10.1 Å². The molecule has 0 fully saturated rings. The molecule has 6 nitrogen and oxygen atoms in total. The van der Waals surface area contributed by atoms with E-state index >= 15 is 0 Å². The number of ether oxygens (including phenoxy) is 1. The van der Waals surface area contributed by atoms with Crippen molar-refractivity contribution in [2.45, 2.75) is 19.7 Å². The summed E-state index contributed by atoms with van der Waals surface area (Å²) in [5.74, 6) is 2.01. The van der Waals surface area contributed by atoms with Crippen LogP contribution in [0.2, 0.25) is 0 Å². The minimum atomic E-state index is -0.230. The van der Waals surface area contributed by atoms with Crippen molar-refractivity contribution in [2.24, 2.45) is 0 Å². The average Bonchev–Trinajstić information content (AvgIpc) is 3.12. The van der Waals surface area contributed by atoms with E-state index in [2.05, 4.69) is 22.6 Å². The highest BCUT2D eigenvalue weighted by molar-refractivity contribution is 7.98. The van der Waals surface area contributed by atoms with E-state index in [0.29, 0.717) is 17.3 Å². The predicted octanol–water partition coefficient (Wildman–Crippen LogP) is 4.23. The van der Waals surface area contributed by atoms with Gasteiger partial charge in [0.2, 0.25) is 0 Å². The van der Waals surface area contributed by atoms with Gasteiger partial charge in [-0.25, -0.2) is 4.68 Å². The summed E-state index contributed by atoms with van der Waals surface area (Å²) in [5, 5.41) is 11.4. The third kappa shape index (κ3) is 4.49. The lowest BCUT2D eigenvalue weighted by molar-refractivity contribution is 0.101. The highest BCUT2D eigenvalue weighted by Gasteiger charge is 2.22. The number of nitrogens with zero attached hydrogens (tertiary/aromatic N) is 3. The Bertz CT molecular complexity index is 905. The van der Waals surface area contributed by atoms with E-state index < -0.39 is 0 Å². The molecule has 0 unspecified atom stereocenters. The van der Waals surface area contributed by atoms with E-state index in [0.717, 1.165) is 28.3 Å². The number of anilines is 1. The number of carbonyl (C=O) groups is 1. The van der Waals surface area contributed by atoms with Gasteiger partial charge in [-0.05, 0) is 49.1 Å². The molecule has 27 heavy (non-hydrogen) atoms. The smallest absolute Gasteiger partial charge is 0.276 e. The first-order chi connectivity index (χ1) is 13.1. The van der Waals surface area contributed by atoms with Gasteiger partial charge in [0.25, 0.3) is 5.91 Å². The molecule has 0 atom stereocenters. The number of thioether (sulfide) groups is 1. The first kappa shape index (κ1) is 19.0. The van der Waals surface area contributed by atoms with Crippen LogP contribution in [-0.2, 0) is 5.88 Å². The fourth-order valence-corrected chi connectivity index (χ4v) is 3.11. The number of nitrogens with one attached hydrogen (secondary N) is 1. The minimum Gasteiger partial charge on any atom is -0.497 e. The van der Waals surface area contributed by atoms with Crippen molar-refractivity contribution in [1.82, 2.24) is 15.0 Å². The van der Waals surface area contributed by atoms with Crippen LogP contribution in [0, 0.1) is 6.92 Å². The predicted molar refractivity (Wildman–Crippen MR) is 109 cm³/mol. The maximum absolute atomic E-state index is 13.0. The second-order valence-electron chi connectivity index (χ2n) is 5.96. The molecule has 1 aromatic heterocycles. The molecule has 0 radical (unpaired) electrons. The summed E-state index contributed by atoms with van der Waals surface area (Å²) < 4.78 is 6.86. The van der Waals surface area contributed by atoms with Crippen LogP contribution in [0.3, 0.4) is 0 Å². The van der Waals surface area contributed by atoms with Crippen molar-refractivity contribution in [1.29, 1.82) is 0 Å². The van der Waals surface area contributed by atoms with Crippen LogP contribution in [0.4, 0.5) is 5.69 Å². The number of benzene rings is 2. The van der Waals surface area contributed by atoms with Crippen LogP contribution in [-0.4, -0.2) is 33.8 Å². The van der Waals surface area contributed by atoms with Crippen LogP contribution in [0.25, 0.3) is 11.3 Å². The molecule has 1 amide bonds. The Morgan fingerprint density at radius 1 is 1.15 bits per heavy atom.